The van der Waals surface area contributed by atoms with E-state index in [1.165, 1.54) is 0 Å². The molecule has 0 amide bonds. The van der Waals surface area contributed by atoms with Crippen molar-refractivity contribution in [3.05, 3.63) is 0 Å². The summed E-state index contributed by atoms with van der Waals surface area (Å²) in [6.45, 7) is -0.164. The van der Waals surface area contributed by atoms with Gasteiger partial charge in [0, 0.05) is 0 Å². The fourth-order valence-electron chi connectivity index (χ4n) is 0. The van der Waals surface area contributed by atoms with E-state index < -0.39 is 4.84 Å². The zero-order chi connectivity index (χ0) is 4.28. The number of aliphatic hydroxyl groups is 1. The minimum Gasteiger partial charge on any atom is -1.00 e. The molecule has 0 heterocycles. The van der Waals surface area contributed by atoms with Gasteiger partial charge >= 0.3 is 18.9 Å². The van der Waals surface area contributed by atoms with Gasteiger partial charge in [-0.15, -0.1) is 23.2 Å². The Morgan fingerprint density at radius 3 is 1.83 bits per heavy atom. The van der Waals surface area contributed by atoms with E-state index in [2.05, 4.69) is 0 Å². The fourth-order valence-corrected chi connectivity index (χ4v) is 0. The molecule has 1 nitrogen and oxygen atoms in total. The van der Waals surface area contributed by atoms with Crippen LogP contribution in [0.4, 0.5) is 0 Å². The summed E-state index contributed by atoms with van der Waals surface area (Å²) in [5.41, 5.74) is 0. The van der Waals surface area contributed by atoms with Crippen molar-refractivity contribution in [1.29, 1.82) is 0 Å². The van der Waals surface area contributed by atoms with Gasteiger partial charge in [0.2, 0.25) is 0 Å². The summed E-state index contributed by atoms with van der Waals surface area (Å²) >= 11 is 9.96. The van der Waals surface area contributed by atoms with Gasteiger partial charge in [-0.3, -0.25) is 0 Å². The molecule has 0 rings (SSSR count). The zero-order valence-electron chi connectivity index (χ0n) is 4.49. The summed E-state index contributed by atoms with van der Waals surface area (Å²) in [6.07, 6.45) is 0. The molecular formula is C2H5Cl2LiO. The summed E-state index contributed by atoms with van der Waals surface area (Å²) in [7, 11) is 0. The molecule has 0 aromatic carbocycles. The van der Waals surface area contributed by atoms with Gasteiger partial charge in [0.15, 0.2) is 0 Å². The summed E-state index contributed by atoms with van der Waals surface area (Å²) in [4.78, 5) is -0.616. The topological polar surface area (TPSA) is 20.2 Å². The van der Waals surface area contributed by atoms with E-state index in [4.69, 9.17) is 28.3 Å². The van der Waals surface area contributed by atoms with Crippen molar-refractivity contribution >= 4 is 23.2 Å². The molecule has 0 aliphatic heterocycles. The Hall–Kier alpha value is 1.14. The van der Waals surface area contributed by atoms with E-state index in [1.54, 1.807) is 0 Å². The maximum Gasteiger partial charge on any atom is 1.00 e. The molecule has 0 aromatic rings. The number of hydrogen-bond acceptors (Lipinski definition) is 1. The van der Waals surface area contributed by atoms with Crippen molar-refractivity contribution in [1.82, 2.24) is 0 Å². The third kappa shape index (κ3) is 8.93. The predicted molar refractivity (Wildman–Crippen MR) is 23.7 cm³/mol. The monoisotopic (exact) mass is 122 g/mol. The molecule has 0 bridgehead atoms. The van der Waals surface area contributed by atoms with Crippen molar-refractivity contribution in [2.45, 2.75) is 4.84 Å². The van der Waals surface area contributed by atoms with Crippen LogP contribution in [0.15, 0.2) is 0 Å². The van der Waals surface area contributed by atoms with Crippen molar-refractivity contribution in [2.75, 3.05) is 6.61 Å². The van der Waals surface area contributed by atoms with E-state index >= 15 is 0 Å². The van der Waals surface area contributed by atoms with E-state index in [1.807, 2.05) is 0 Å². The summed E-state index contributed by atoms with van der Waals surface area (Å²) < 4.78 is 0. The molecule has 0 radical (unpaired) electrons. The van der Waals surface area contributed by atoms with Crippen LogP contribution >= 0.6 is 23.2 Å². The zero-order valence-corrected chi connectivity index (χ0v) is 5.00. The molecule has 34 valence electrons. The van der Waals surface area contributed by atoms with Crippen molar-refractivity contribution in [3.63, 3.8) is 0 Å². The van der Waals surface area contributed by atoms with Gasteiger partial charge in [-0.1, -0.05) is 0 Å². The minimum absolute atomic E-state index is 0. The summed E-state index contributed by atoms with van der Waals surface area (Å²) in [6, 6.07) is 0. The van der Waals surface area contributed by atoms with Crippen LogP contribution in [0.5, 0.6) is 0 Å². The van der Waals surface area contributed by atoms with Crippen LogP contribution in [0.3, 0.4) is 0 Å². The van der Waals surface area contributed by atoms with E-state index in [0.717, 1.165) is 0 Å². The Bertz CT molecular complexity index is 29.7. The molecule has 0 spiro atoms. The molecule has 0 unspecified atom stereocenters. The van der Waals surface area contributed by atoms with E-state index in [0.29, 0.717) is 0 Å². The largest absolute Gasteiger partial charge is 1.00 e. The first-order valence-electron chi connectivity index (χ1n) is 1.16. The van der Waals surface area contributed by atoms with Gasteiger partial charge in [0.05, 0.1) is 6.61 Å². The van der Waals surface area contributed by atoms with Crippen LogP contribution in [0, 0.1) is 0 Å². The van der Waals surface area contributed by atoms with Crippen molar-refractivity contribution < 1.29 is 25.4 Å². The van der Waals surface area contributed by atoms with Crippen LogP contribution in [-0.4, -0.2) is 16.5 Å². The molecule has 6 heavy (non-hydrogen) atoms. The number of alkyl halides is 2. The normalized spacial score (nSPS) is 8.00. The maximum absolute atomic E-state index is 7.88. The van der Waals surface area contributed by atoms with Gasteiger partial charge in [0.1, 0.15) is 4.84 Å². The molecule has 0 aromatic heterocycles. The molecule has 0 fully saturated rings. The van der Waals surface area contributed by atoms with Crippen LogP contribution in [0.1, 0.15) is 1.43 Å². The maximum atomic E-state index is 7.88. The third-order valence-electron chi connectivity index (χ3n) is 0.138. The van der Waals surface area contributed by atoms with Gasteiger partial charge < -0.3 is 6.53 Å². The Balaban J connectivity index is -0.0000000800. The minimum atomic E-state index is -0.616. The quantitative estimate of drug-likeness (QED) is 0.312. The Labute approximate surface area is 60.3 Å². The second-order valence-electron chi connectivity index (χ2n) is 0.574. The molecule has 0 saturated carbocycles. The van der Waals surface area contributed by atoms with Gasteiger partial charge in [-0.25, -0.2) is 0 Å². The number of aliphatic hydroxyl groups excluding tert-OH is 1. The Morgan fingerprint density at radius 1 is 1.67 bits per heavy atom. The number of rotatable bonds is 1. The number of hydrogen-bond donors (Lipinski definition) is 1. The average Bonchev–Trinajstić information content (AvgIpc) is 1.38. The van der Waals surface area contributed by atoms with Crippen LogP contribution in [0.25, 0.3) is 0 Å². The molecule has 1 N–H and O–H groups in total. The van der Waals surface area contributed by atoms with Crippen LogP contribution in [0.2, 0.25) is 0 Å². The molecule has 0 aliphatic rings. The van der Waals surface area contributed by atoms with Crippen molar-refractivity contribution in [3.8, 4) is 0 Å². The van der Waals surface area contributed by atoms with Crippen LogP contribution in [-0.2, 0) is 0 Å². The number of halogens is 2. The molecule has 0 saturated heterocycles. The smallest absolute Gasteiger partial charge is 1.00 e. The average molecular weight is 123 g/mol. The fraction of sp³-hybridized carbons (Fsp3) is 1.00. The van der Waals surface area contributed by atoms with Gasteiger partial charge in [-0.2, -0.15) is 0 Å². The Morgan fingerprint density at radius 2 is 1.83 bits per heavy atom. The first-order valence-corrected chi connectivity index (χ1v) is 2.03. The molecule has 0 aliphatic carbocycles. The van der Waals surface area contributed by atoms with E-state index in [-0.39, 0.29) is 26.9 Å². The second kappa shape index (κ2) is 6.14. The van der Waals surface area contributed by atoms with Crippen molar-refractivity contribution in [2.24, 2.45) is 0 Å². The van der Waals surface area contributed by atoms with Crippen LogP contribution < -0.4 is 18.9 Å². The van der Waals surface area contributed by atoms with E-state index in [9.17, 15) is 0 Å². The first-order chi connectivity index (χ1) is 2.27. The summed E-state index contributed by atoms with van der Waals surface area (Å²) in [5, 5.41) is 7.88. The van der Waals surface area contributed by atoms with Gasteiger partial charge in [-0.05, 0) is 0 Å². The molecular weight excluding hydrogens is 118 g/mol. The Kier molecular flexibility index (Phi) is 10.4. The molecule has 4 heteroatoms. The third-order valence-corrected chi connectivity index (χ3v) is 0.414. The van der Waals surface area contributed by atoms with Gasteiger partial charge in [0.25, 0.3) is 0 Å². The SMILES string of the molecule is OCC(Cl)Cl.[H-].[Li+]. The summed E-state index contributed by atoms with van der Waals surface area (Å²) in [5.74, 6) is 0. The standard InChI is InChI=1S/C2H4Cl2O.Li.H/c3-2(4)1-5;;/h2,5H,1H2;;/q;+1;-1. The predicted octanol–water partition coefficient (Wildman–Crippen LogP) is -2.10. The molecule has 0 atom stereocenters. The second-order valence-corrected chi connectivity index (χ2v) is 1.85. The first kappa shape index (κ1) is 10.2.